The molecule has 2 bridgehead atoms. The normalized spacial score (nSPS) is 39.2. The Labute approximate surface area is 95.5 Å². The lowest BCUT2D eigenvalue weighted by Crippen LogP contribution is -2.40. The predicted molar refractivity (Wildman–Crippen MR) is 59.3 cm³/mol. The number of likely N-dealkylation sites (tertiary alicyclic amines) is 1. The molecule has 0 radical (unpaired) electrons. The van der Waals surface area contributed by atoms with Gasteiger partial charge >= 0.3 is 6.09 Å². The first-order valence-corrected chi connectivity index (χ1v) is 6.22. The van der Waals surface area contributed by atoms with Crippen molar-refractivity contribution in [2.24, 2.45) is 0 Å². The second kappa shape index (κ2) is 4.22. The highest BCUT2D eigenvalue weighted by atomic mass is 16.6. The third kappa shape index (κ3) is 2.15. The Morgan fingerprint density at radius 1 is 1.31 bits per heavy atom. The largest absolute Gasteiger partial charge is 0.443 e. The van der Waals surface area contributed by atoms with Crippen LogP contribution < -0.4 is 10.6 Å². The van der Waals surface area contributed by atoms with Crippen molar-refractivity contribution in [1.29, 1.82) is 0 Å². The van der Waals surface area contributed by atoms with E-state index >= 15 is 0 Å². The highest BCUT2D eigenvalue weighted by Crippen LogP contribution is 2.20. The summed E-state index contributed by atoms with van der Waals surface area (Å²) >= 11 is 0. The third-order valence-electron chi connectivity index (χ3n) is 3.82. The summed E-state index contributed by atoms with van der Waals surface area (Å²) in [7, 11) is 0. The number of ether oxygens (including phenoxy) is 1. The molecule has 3 atom stereocenters. The van der Waals surface area contributed by atoms with Gasteiger partial charge in [0.1, 0.15) is 6.10 Å². The van der Waals surface area contributed by atoms with Crippen LogP contribution in [-0.4, -0.2) is 55.4 Å². The lowest BCUT2D eigenvalue weighted by molar-refractivity contribution is 0.106. The van der Waals surface area contributed by atoms with Gasteiger partial charge in [-0.2, -0.15) is 0 Å². The zero-order valence-corrected chi connectivity index (χ0v) is 9.45. The minimum atomic E-state index is -0.264. The number of amides is 1. The summed E-state index contributed by atoms with van der Waals surface area (Å²) in [6.45, 7) is 3.77. The van der Waals surface area contributed by atoms with Gasteiger partial charge in [-0.3, -0.25) is 4.90 Å². The molecule has 90 valence electrons. The van der Waals surface area contributed by atoms with Gasteiger partial charge in [0, 0.05) is 25.2 Å². The van der Waals surface area contributed by atoms with E-state index in [1.54, 1.807) is 0 Å². The van der Waals surface area contributed by atoms with Gasteiger partial charge in [0.25, 0.3) is 0 Å². The molecule has 3 fully saturated rings. The minimum absolute atomic E-state index is 0.0455. The van der Waals surface area contributed by atoms with E-state index in [-0.39, 0.29) is 12.2 Å². The minimum Gasteiger partial charge on any atom is -0.443 e. The number of rotatable bonds is 2. The van der Waals surface area contributed by atoms with Crippen molar-refractivity contribution in [2.45, 2.75) is 37.5 Å². The molecule has 3 heterocycles. The number of hydrogen-bond acceptors (Lipinski definition) is 4. The summed E-state index contributed by atoms with van der Waals surface area (Å²) in [5, 5.41) is 6.36. The summed E-state index contributed by atoms with van der Waals surface area (Å²) in [5.74, 6) is 0. The summed E-state index contributed by atoms with van der Waals surface area (Å²) in [4.78, 5) is 13.4. The monoisotopic (exact) mass is 225 g/mol. The zero-order chi connectivity index (χ0) is 11.0. The Morgan fingerprint density at radius 2 is 2.19 bits per heavy atom. The molecule has 16 heavy (non-hydrogen) atoms. The van der Waals surface area contributed by atoms with Crippen molar-refractivity contribution >= 4 is 6.09 Å². The number of nitrogens with one attached hydrogen (secondary N) is 2. The van der Waals surface area contributed by atoms with Crippen LogP contribution >= 0.6 is 0 Å². The first-order chi connectivity index (χ1) is 7.79. The fourth-order valence-corrected chi connectivity index (χ4v) is 3.00. The van der Waals surface area contributed by atoms with Crippen LogP contribution in [-0.2, 0) is 4.74 Å². The molecule has 2 N–H and O–H groups in total. The molecule has 3 saturated heterocycles. The van der Waals surface area contributed by atoms with Crippen LogP contribution in [0.5, 0.6) is 0 Å². The second-order valence-corrected chi connectivity index (χ2v) is 5.09. The molecule has 3 aliphatic rings. The number of alkyl carbamates (subject to hydrolysis) is 1. The standard InChI is InChI=1S/C11H19N3O2/c15-11-12-5-10(16-11)7-14-4-3-8-1-2-9(6-14)13-8/h8-10,13H,1-7H2,(H,12,15). The lowest BCUT2D eigenvalue weighted by Gasteiger charge is -2.25. The molecule has 0 spiro atoms. The summed E-state index contributed by atoms with van der Waals surface area (Å²) in [6, 6.07) is 1.37. The molecule has 3 aliphatic heterocycles. The van der Waals surface area contributed by atoms with E-state index in [1.807, 2.05) is 0 Å². The number of carbonyl (C=O) groups is 1. The molecule has 0 aromatic carbocycles. The SMILES string of the molecule is O=C1NCC(CN2CCC3CCC(C2)N3)O1. The number of cyclic esters (lactones) is 1. The summed E-state index contributed by atoms with van der Waals surface area (Å²) in [5.41, 5.74) is 0. The Bertz CT molecular complexity index is 284. The van der Waals surface area contributed by atoms with Crippen LogP contribution in [0.15, 0.2) is 0 Å². The lowest BCUT2D eigenvalue weighted by atomic mass is 10.1. The van der Waals surface area contributed by atoms with Gasteiger partial charge in [-0.1, -0.05) is 0 Å². The Balaban J connectivity index is 1.53. The number of nitrogens with zero attached hydrogens (tertiary/aromatic N) is 1. The van der Waals surface area contributed by atoms with E-state index in [0.717, 1.165) is 25.7 Å². The van der Waals surface area contributed by atoms with Crippen LogP contribution in [0, 0.1) is 0 Å². The highest BCUT2D eigenvalue weighted by Gasteiger charge is 2.31. The van der Waals surface area contributed by atoms with Crippen LogP contribution in [0.4, 0.5) is 4.79 Å². The van der Waals surface area contributed by atoms with Crippen LogP contribution in [0.3, 0.4) is 0 Å². The van der Waals surface area contributed by atoms with Crippen molar-refractivity contribution in [2.75, 3.05) is 26.2 Å². The molecule has 0 aromatic rings. The number of carbonyl (C=O) groups excluding carboxylic acids is 1. The van der Waals surface area contributed by atoms with Crippen molar-refractivity contribution in [3.63, 3.8) is 0 Å². The third-order valence-corrected chi connectivity index (χ3v) is 3.82. The Morgan fingerprint density at radius 3 is 3.00 bits per heavy atom. The fraction of sp³-hybridized carbons (Fsp3) is 0.909. The van der Waals surface area contributed by atoms with E-state index in [2.05, 4.69) is 15.5 Å². The van der Waals surface area contributed by atoms with Crippen molar-refractivity contribution in [1.82, 2.24) is 15.5 Å². The maximum atomic E-state index is 10.9. The van der Waals surface area contributed by atoms with Crippen LogP contribution in [0.2, 0.25) is 0 Å². The van der Waals surface area contributed by atoms with E-state index in [0.29, 0.717) is 12.6 Å². The van der Waals surface area contributed by atoms with Crippen molar-refractivity contribution in [3.05, 3.63) is 0 Å². The van der Waals surface area contributed by atoms with Gasteiger partial charge in [-0.05, 0) is 25.8 Å². The first kappa shape index (κ1) is 10.4. The molecule has 3 rings (SSSR count). The molecule has 3 unspecified atom stereocenters. The van der Waals surface area contributed by atoms with E-state index < -0.39 is 0 Å². The zero-order valence-electron chi connectivity index (χ0n) is 9.45. The van der Waals surface area contributed by atoms with Crippen molar-refractivity contribution in [3.8, 4) is 0 Å². The Kier molecular flexibility index (Phi) is 2.73. The van der Waals surface area contributed by atoms with Crippen LogP contribution in [0.1, 0.15) is 19.3 Å². The van der Waals surface area contributed by atoms with Crippen LogP contribution in [0.25, 0.3) is 0 Å². The highest BCUT2D eigenvalue weighted by molar-refractivity contribution is 5.69. The second-order valence-electron chi connectivity index (χ2n) is 5.09. The quantitative estimate of drug-likeness (QED) is 0.690. The molecule has 0 saturated carbocycles. The fourth-order valence-electron chi connectivity index (χ4n) is 3.00. The summed E-state index contributed by atoms with van der Waals surface area (Å²) < 4.78 is 5.17. The topological polar surface area (TPSA) is 53.6 Å². The van der Waals surface area contributed by atoms with Gasteiger partial charge < -0.3 is 15.4 Å². The smallest absolute Gasteiger partial charge is 0.407 e. The van der Waals surface area contributed by atoms with Gasteiger partial charge in [0.15, 0.2) is 0 Å². The summed E-state index contributed by atoms with van der Waals surface area (Å²) in [6.07, 6.45) is 3.64. The van der Waals surface area contributed by atoms with Gasteiger partial charge in [-0.15, -0.1) is 0 Å². The molecule has 5 heteroatoms. The first-order valence-electron chi connectivity index (χ1n) is 6.22. The Hall–Kier alpha value is -0.810. The molecule has 5 nitrogen and oxygen atoms in total. The molecular weight excluding hydrogens is 206 g/mol. The predicted octanol–water partition coefficient (Wildman–Crippen LogP) is -0.0789. The van der Waals surface area contributed by atoms with Crippen molar-refractivity contribution < 1.29 is 9.53 Å². The van der Waals surface area contributed by atoms with Gasteiger partial charge in [0.05, 0.1) is 6.54 Å². The van der Waals surface area contributed by atoms with E-state index in [9.17, 15) is 4.79 Å². The molecule has 0 aromatic heterocycles. The molecular formula is C11H19N3O2. The molecule has 0 aliphatic carbocycles. The molecule has 1 amide bonds. The van der Waals surface area contributed by atoms with E-state index in [1.165, 1.54) is 19.3 Å². The maximum Gasteiger partial charge on any atom is 0.407 e. The average Bonchev–Trinajstić information content (AvgIpc) is 2.77. The maximum absolute atomic E-state index is 10.9. The van der Waals surface area contributed by atoms with Gasteiger partial charge in [0.2, 0.25) is 0 Å². The number of fused-ring (bicyclic) bond motifs is 2. The number of hydrogen-bond donors (Lipinski definition) is 2. The van der Waals surface area contributed by atoms with E-state index in [4.69, 9.17) is 4.74 Å². The van der Waals surface area contributed by atoms with Gasteiger partial charge in [-0.25, -0.2) is 4.79 Å². The average molecular weight is 225 g/mol.